The average Bonchev–Trinajstić information content (AvgIpc) is 3.23. The van der Waals surface area contributed by atoms with Crippen molar-refractivity contribution in [3.8, 4) is 11.3 Å². The van der Waals surface area contributed by atoms with Crippen LogP contribution in [0.3, 0.4) is 0 Å². The van der Waals surface area contributed by atoms with E-state index in [4.69, 9.17) is 0 Å². The van der Waals surface area contributed by atoms with Crippen LogP contribution in [0.25, 0.3) is 22.6 Å². The first kappa shape index (κ1) is 18.7. The van der Waals surface area contributed by atoms with Gasteiger partial charge in [0.25, 0.3) is 0 Å². The third-order valence-corrected chi connectivity index (χ3v) is 5.73. The summed E-state index contributed by atoms with van der Waals surface area (Å²) in [6, 6.07) is 3.29. The van der Waals surface area contributed by atoms with Crippen LogP contribution >= 0.6 is 0 Å². The van der Waals surface area contributed by atoms with E-state index in [-0.39, 0.29) is 23.0 Å². The summed E-state index contributed by atoms with van der Waals surface area (Å²) in [6.07, 6.45) is 5.21. The second-order valence-electron chi connectivity index (χ2n) is 8.44. The second-order valence-corrected chi connectivity index (χ2v) is 8.44. The third-order valence-electron chi connectivity index (χ3n) is 5.73. The van der Waals surface area contributed by atoms with Crippen molar-refractivity contribution in [2.75, 3.05) is 11.9 Å². The van der Waals surface area contributed by atoms with Crippen LogP contribution in [-0.2, 0) is 4.79 Å². The SMILES string of the molecule is Cc1cn2nc(-c3cc(F)c4nc(NC(=O)C5CNC5(C)C)cn4c3)cc(C)c2n1. The summed E-state index contributed by atoms with van der Waals surface area (Å²) >= 11 is 0. The minimum Gasteiger partial charge on any atom is -0.310 e. The number of carbonyl (C=O) groups is 1. The molecule has 30 heavy (non-hydrogen) atoms. The van der Waals surface area contributed by atoms with Gasteiger partial charge in [-0.3, -0.25) is 4.79 Å². The molecule has 2 N–H and O–H groups in total. The normalized spacial score (nSPS) is 18.0. The van der Waals surface area contributed by atoms with Crippen molar-refractivity contribution in [3.63, 3.8) is 0 Å². The van der Waals surface area contributed by atoms with Gasteiger partial charge in [0.05, 0.1) is 29.7 Å². The molecule has 0 aliphatic carbocycles. The quantitative estimate of drug-likeness (QED) is 0.545. The number of rotatable bonds is 3. The van der Waals surface area contributed by atoms with Gasteiger partial charge in [0, 0.05) is 23.8 Å². The summed E-state index contributed by atoms with van der Waals surface area (Å²) < 4.78 is 18.1. The maximum atomic E-state index is 14.8. The molecule has 1 aliphatic rings. The van der Waals surface area contributed by atoms with E-state index in [1.165, 1.54) is 6.07 Å². The van der Waals surface area contributed by atoms with E-state index in [0.29, 0.717) is 23.6 Å². The molecule has 0 radical (unpaired) electrons. The number of nitrogens with one attached hydrogen (secondary N) is 2. The van der Waals surface area contributed by atoms with Crippen molar-refractivity contribution < 1.29 is 9.18 Å². The first-order valence-corrected chi connectivity index (χ1v) is 9.79. The number of aryl methyl sites for hydroxylation is 2. The van der Waals surface area contributed by atoms with Crippen LogP contribution in [0.5, 0.6) is 0 Å². The van der Waals surface area contributed by atoms with Gasteiger partial charge in [-0.15, -0.1) is 0 Å². The minimum absolute atomic E-state index is 0.124. The van der Waals surface area contributed by atoms with E-state index in [2.05, 4.69) is 25.7 Å². The van der Waals surface area contributed by atoms with E-state index in [1.807, 2.05) is 40.0 Å². The Hall–Kier alpha value is -3.33. The van der Waals surface area contributed by atoms with Crippen molar-refractivity contribution in [1.29, 1.82) is 0 Å². The van der Waals surface area contributed by atoms with Crippen LogP contribution in [0.1, 0.15) is 25.1 Å². The van der Waals surface area contributed by atoms with Gasteiger partial charge in [-0.1, -0.05) is 0 Å². The van der Waals surface area contributed by atoms with E-state index < -0.39 is 5.82 Å². The Bertz CT molecular complexity index is 1320. The fourth-order valence-electron chi connectivity index (χ4n) is 3.89. The number of fused-ring (bicyclic) bond motifs is 2. The molecule has 154 valence electrons. The Morgan fingerprint density at radius 1 is 1.20 bits per heavy atom. The van der Waals surface area contributed by atoms with Crippen molar-refractivity contribution >= 4 is 23.0 Å². The molecule has 5 heterocycles. The van der Waals surface area contributed by atoms with Gasteiger partial charge >= 0.3 is 0 Å². The fraction of sp³-hybridized carbons (Fsp3) is 0.333. The van der Waals surface area contributed by atoms with Gasteiger partial charge in [-0.05, 0) is 45.4 Å². The molecule has 9 heteroatoms. The number of carbonyl (C=O) groups excluding carboxylic acids is 1. The van der Waals surface area contributed by atoms with Crippen molar-refractivity contribution in [2.24, 2.45) is 5.92 Å². The van der Waals surface area contributed by atoms with Crippen LogP contribution in [0.2, 0.25) is 0 Å². The second kappa shape index (κ2) is 6.33. The molecule has 4 aromatic rings. The Labute approximate surface area is 172 Å². The van der Waals surface area contributed by atoms with Gasteiger partial charge in [0.15, 0.2) is 22.9 Å². The van der Waals surface area contributed by atoms with Crippen molar-refractivity contribution in [3.05, 3.63) is 47.8 Å². The molecule has 1 unspecified atom stereocenters. The predicted octanol–water partition coefficient (Wildman–Crippen LogP) is 2.74. The lowest BCUT2D eigenvalue weighted by Gasteiger charge is -2.44. The predicted molar refractivity (Wildman–Crippen MR) is 111 cm³/mol. The largest absolute Gasteiger partial charge is 0.310 e. The van der Waals surface area contributed by atoms with Crippen LogP contribution in [0.15, 0.2) is 30.7 Å². The molecule has 8 nitrogen and oxygen atoms in total. The standard InChI is InChI=1S/C21H22FN7O/c1-11-5-16(27-29-8-12(2)24-18(11)29)13-6-15(22)19-25-17(10-28(19)9-13)26-20(30)14-7-23-21(14,3)4/h5-6,8-10,14,23H,7H2,1-4H3,(H,26,30). The van der Waals surface area contributed by atoms with Gasteiger partial charge in [0.1, 0.15) is 0 Å². The summed E-state index contributed by atoms with van der Waals surface area (Å²) in [6.45, 7) is 8.42. The Balaban J connectivity index is 1.50. The van der Waals surface area contributed by atoms with E-state index >= 15 is 0 Å². The average molecular weight is 407 g/mol. The molecule has 0 aromatic carbocycles. The van der Waals surface area contributed by atoms with Crippen LogP contribution in [-0.4, -0.2) is 42.0 Å². The zero-order valence-electron chi connectivity index (χ0n) is 17.2. The molecule has 1 aliphatic heterocycles. The molecule has 0 bridgehead atoms. The molecule has 1 fully saturated rings. The number of aromatic nitrogens is 5. The Morgan fingerprint density at radius 2 is 2.00 bits per heavy atom. The summed E-state index contributed by atoms with van der Waals surface area (Å²) in [4.78, 5) is 21.2. The lowest BCUT2D eigenvalue weighted by Crippen LogP contribution is -2.65. The highest BCUT2D eigenvalue weighted by Crippen LogP contribution is 2.27. The number of anilines is 1. The Morgan fingerprint density at radius 3 is 2.70 bits per heavy atom. The number of imidazole rings is 2. The number of hydrogen-bond donors (Lipinski definition) is 2. The van der Waals surface area contributed by atoms with Gasteiger partial charge < -0.3 is 15.0 Å². The first-order chi connectivity index (χ1) is 14.2. The molecular formula is C21H22FN7O. The lowest BCUT2D eigenvalue weighted by atomic mass is 9.79. The number of hydrogen-bond acceptors (Lipinski definition) is 5. The molecule has 1 amide bonds. The number of pyridine rings is 1. The Kier molecular flexibility index (Phi) is 3.94. The molecule has 5 rings (SSSR count). The number of nitrogens with zero attached hydrogens (tertiary/aromatic N) is 5. The maximum absolute atomic E-state index is 14.8. The lowest BCUT2D eigenvalue weighted by molar-refractivity contribution is -0.125. The number of amides is 1. The maximum Gasteiger partial charge on any atom is 0.231 e. The van der Waals surface area contributed by atoms with Gasteiger partial charge in [0.2, 0.25) is 5.91 Å². The van der Waals surface area contributed by atoms with E-state index in [9.17, 15) is 9.18 Å². The van der Waals surface area contributed by atoms with Crippen molar-refractivity contribution in [2.45, 2.75) is 33.2 Å². The molecule has 1 saturated heterocycles. The zero-order chi connectivity index (χ0) is 21.2. The molecule has 0 spiro atoms. The van der Waals surface area contributed by atoms with Crippen LogP contribution in [0.4, 0.5) is 10.2 Å². The topological polar surface area (TPSA) is 88.6 Å². The number of halogens is 1. The highest BCUT2D eigenvalue weighted by atomic mass is 19.1. The van der Waals surface area contributed by atoms with Crippen molar-refractivity contribution in [1.82, 2.24) is 29.3 Å². The van der Waals surface area contributed by atoms with Gasteiger partial charge in [-0.25, -0.2) is 18.9 Å². The summed E-state index contributed by atoms with van der Waals surface area (Å²) in [5.74, 6) is -0.440. The molecule has 4 aromatic heterocycles. The molecule has 0 saturated carbocycles. The fourth-order valence-corrected chi connectivity index (χ4v) is 3.89. The smallest absolute Gasteiger partial charge is 0.231 e. The highest BCUT2D eigenvalue weighted by molar-refractivity contribution is 5.93. The van der Waals surface area contributed by atoms with Crippen LogP contribution in [0, 0.1) is 25.6 Å². The molecular weight excluding hydrogens is 385 g/mol. The zero-order valence-corrected chi connectivity index (χ0v) is 17.2. The monoisotopic (exact) mass is 407 g/mol. The van der Waals surface area contributed by atoms with E-state index in [1.54, 1.807) is 21.3 Å². The highest BCUT2D eigenvalue weighted by Gasteiger charge is 2.43. The summed E-state index contributed by atoms with van der Waals surface area (Å²) in [5.41, 5.74) is 3.72. The minimum atomic E-state index is -0.486. The summed E-state index contributed by atoms with van der Waals surface area (Å²) in [5, 5.41) is 10.6. The van der Waals surface area contributed by atoms with Gasteiger partial charge in [-0.2, -0.15) is 5.10 Å². The molecule has 1 atom stereocenters. The summed E-state index contributed by atoms with van der Waals surface area (Å²) in [7, 11) is 0. The van der Waals surface area contributed by atoms with Crippen LogP contribution < -0.4 is 10.6 Å². The van der Waals surface area contributed by atoms with E-state index in [0.717, 1.165) is 16.9 Å². The first-order valence-electron chi connectivity index (χ1n) is 9.79. The third kappa shape index (κ3) is 2.93.